The number of nitrogens with zero attached hydrogens (tertiary/aromatic N) is 1. The molecule has 1 aromatic carbocycles. The van der Waals surface area contributed by atoms with Crippen molar-refractivity contribution in [3.05, 3.63) is 39.2 Å². The highest BCUT2D eigenvalue weighted by Gasteiger charge is 2.28. The molecule has 0 radical (unpaired) electrons. The fraction of sp³-hybridized carbons (Fsp3) is 0.364. The number of benzene rings is 1. The lowest BCUT2D eigenvalue weighted by Gasteiger charge is -2.14. The summed E-state index contributed by atoms with van der Waals surface area (Å²) < 4.78 is 39.5. The molecule has 0 fully saturated rings. The van der Waals surface area contributed by atoms with Crippen molar-refractivity contribution in [2.24, 2.45) is 5.73 Å². The summed E-state index contributed by atoms with van der Waals surface area (Å²) in [4.78, 5) is 21.4. The van der Waals surface area contributed by atoms with E-state index in [1.807, 2.05) is 0 Å². The van der Waals surface area contributed by atoms with Gasteiger partial charge >= 0.3 is 0 Å². The van der Waals surface area contributed by atoms with Crippen LogP contribution >= 0.6 is 0 Å². The van der Waals surface area contributed by atoms with Crippen molar-refractivity contribution in [3.63, 3.8) is 0 Å². The highest BCUT2D eigenvalue weighted by Crippen LogP contribution is 2.21. The molecule has 6 nitrogen and oxygen atoms in total. The zero-order chi connectivity index (χ0) is 15.5. The fourth-order valence-corrected chi connectivity index (χ4v) is 1.40. The molecule has 0 aliphatic heterocycles. The van der Waals surface area contributed by atoms with Crippen LogP contribution in [0.15, 0.2) is 12.1 Å². The molecule has 0 atom stereocenters. The summed E-state index contributed by atoms with van der Waals surface area (Å²) in [6.45, 7) is -0.832. The molecule has 3 N–H and O–H groups in total. The quantitative estimate of drug-likeness (QED) is 0.632. The number of non-ortho nitro benzene ring substituents is 1. The Kier molecular flexibility index (Phi) is 4.66. The summed E-state index contributed by atoms with van der Waals surface area (Å²) >= 11 is 0. The van der Waals surface area contributed by atoms with Crippen molar-refractivity contribution in [1.82, 2.24) is 5.32 Å². The first-order valence-electron chi connectivity index (χ1n) is 5.48. The van der Waals surface area contributed by atoms with Crippen LogP contribution in [0.4, 0.5) is 18.9 Å². The number of carbonyl (C=O) groups excluding carboxylic acids is 1. The number of carbonyl (C=O) groups is 1. The maximum absolute atomic E-state index is 13.7. The van der Waals surface area contributed by atoms with Crippen LogP contribution in [0, 0.1) is 22.9 Å². The summed E-state index contributed by atoms with van der Waals surface area (Å²) in [5.74, 6) is -5.49. The number of nitrogens with two attached hydrogens (primary N) is 1. The number of hydrogen-bond acceptors (Lipinski definition) is 4. The van der Waals surface area contributed by atoms with Crippen LogP contribution in [-0.2, 0) is 0 Å². The molecule has 1 rings (SSSR count). The SMILES string of the molecule is Cc1cc([N+](=O)[O-])cc(C(=O)NCC(F)(F)CN)c1F. The standard InChI is InChI=1S/C11H12F3N3O3/c1-6-2-7(17(19)20)3-8(9(6)12)10(18)16-5-11(13,14)4-15/h2-3H,4-5,15H2,1H3,(H,16,18). The zero-order valence-corrected chi connectivity index (χ0v) is 10.5. The van der Waals surface area contributed by atoms with Crippen molar-refractivity contribution in [3.8, 4) is 0 Å². The van der Waals surface area contributed by atoms with Gasteiger partial charge in [0.05, 0.1) is 23.6 Å². The average Bonchev–Trinajstić information content (AvgIpc) is 2.38. The molecule has 110 valence electrons. The summed E-state index contributed by atoms with van der Waals surface area (Å²) in [6.07, 6.45) is 0. The first-order valence-corrected chi connectivity index (χ1v) is 5.48. The van der Waals surface area contributed by atoms with Crippen LogP contribution in [0.3, 0.4) is 0 Å². The van der Waals surface area contributed by atoms with E-state index in [1.54, 1.807) is 5.32 Å². The lowest BCUT2D eigenvalue weighted by atomic mass is 10.1. The van der Waals surface area contributed by atoms with E-state index in [2.05, 4.69) is 0 Å². The molecule has 0 aliphatic rings. The lowest BCUT2D eigenvalue weighted by Crippen LogP contribution is -2.41. The minimum Gasteiger partial charge on any atom is -0.346 e. The number of aryl methyl sites for hydroxylation is 1. The van der Waals surface area contributed by atoms with Gasteiger partial charge in [0.15, 0.2) is 0 Å². The molecule has 1 amide bonds. The van der Waals surface area contributed by atoms with E-state index in [0.29, 0.717) is 6.07 Å². The van der Waals surface area contributed by atoms with Crippen molar-refractivity contribution in [2.75, 3.05) is 13.1 Å². The zero-order valence-electron chi connectivity index (χ0n) is 10.5. The number of nitro groups is 1. The van der Waals surface area contributed by atoms with Gasteiger partial charge in [-0.3, -0.25) is 14.9 Å². The third-order valence-corrected chi connectivity index (χ3v) is 2.50. The van der Waals surface area contributed by atoms with E-state index >= 15 is 0 Å². The maximum atomic E-state index is 13.7. The number of nitro benzene ring substituents is 1. The molecular weight excluding hydrogens is 279 g/mol. The van der Waals surface area contributed by atoms with Gasteiger partial charge in [0.1, 0.15) is 5.82 Å². The maximum Gasteiger partial charge on any atom is 0.277 e. The number of hydrogen-bond donors (Lipinski definition) is 2. The first-order chi connectivity index (χ1) is 9.18. The molecule has 0 aromatic heterocycles. The molecule has 0 aliphatic carbocycles. The molecule has 20 heavy (non-hydrogen) atoms. The summed E-state index contributed by atoms with van der Waals surface area (Å²) in [7, 11) is 0. The third-order valence-electron chi connectivity index (χ3n) is 2.50. The van der Waals surface area contributed by atoms with Crippen LogP contribution in [0.1, 0.15) is 15.9 Å². The molecule has 0 bridgehead atoms. The van der Waals surface area contributed by atoms with Gasteiger partial charge in [-0.2, -0.15) is 0 Å². The first kappa shape index (κ1) is 15.9. The van der Waals surface area contributed by atoms with E-state index in [4.69, 9.17) is 5.73 Å². The minimum absolute atomic E-state index is 0.130. The second-order valence-electron chi connectivity index (χ2n) is 4.12. The van der Waals surface area contributed by atoms with Gasteiger partial charge < -0.3 is 11.1 Å². The van der Waals surface area contributed by atoms with Crippen molar-refractivity contribution in [2.45, 2.75) is 12.8 Å². The van der Waals surface area contributed by atoms with E-state index in [9.17, 15) is 28.1 Å². The predicted octanol–water partition coefficient (Wildman–Crippen LogP) is 1.37. The van der Waals surface area contributed by atoms with Gasteiger partial charge in [0.2, 0.25) is 0 Å². The van der Waals surface area contributed by atoms with Gasteiger partial charge in [0.25, 0.3) is 17.5 Å². The second kappa shape index (κ2) is 5.87. The molecule has 0 heterocycles. The molecule has 0 spiro atoms. The van der Waals surface area contributed by atoms with Crippen LogP contribution in [0.5, 0.6) is 0 Å². The van der Waals surface area contributed by atoms with E-state index in [0.717, 1.165) is 6.07 Å². The fourth-order valence-electron chi connectivity index (χ4n) is 1.40. The van der Waals surface area contributed by atoms with Gasteiger partial charge in [-0.15, -0.1) is 0 Å². The minimum atomic E-state index is -3.33. The molecule has 0 saturated heterocycles. The Balaban J connectivity index is 3.01. The highest BCUT2D eigenvalue weighted by atomic mass is 19.3. The Morgan fingerprint density at radius 2 is 2.10 bits per heavy atom. The van der Waals surface area contributed by atoms with Crippen molar-refractivity contribution < 1.29 is 22.9 Å². The molecule has 9 heteroatoms. The Bertz CT molecular complexity index is 549. The normalized spacial score (nSPS) is 11.2. The van der Waals surface area contributed by atoms with E-state index in [-0.39, 0.29) is 5.56 Å². The Morgan fingerprint density at radius 1 is 1.50 bits per heavy atom. The van der Waals surface area contributed by atoms with Gasteiger partial charge in [-0.1, -0.05) is 0 Å². The largest absolute Gasteiger partial charge is 0.346 e. The monoisotopic (exact) mass is 291 g/mol. The van der Waals surface area contributed by atoms with E-state index in [1.165, 1.54) is 6.92 Å². The molecule has 0 saturated carbocycles. The van der Waals surface area contributed by atoms with Crippen LogP contribution in [0.25, 0.3) is 0 Å². The molecule has 0 unspecified atom stereocenters. The summed E-state index contributed by atoms with van der Waals surface area (Å²) in [6, 6.07) is 1.64. The van der Waals surface area contributed by atoms with Gasteiger partial charge in [0, 0.05) is 12.1 Å². The predicted molar refractivity (Wildman–Crippen MR) is 64.1 cm³/mol. The van der Waals surface area contributed by atoms with Crippen molar-refractivity contribution in [1.29, 1.82) is 0 Å². The number of alkyl halides is 2. The van der Waals surface area contributed by atoms with Crippen LogP contribution in [0.2, 0.25) is 0 Å². The lowest BCUT2D eigenvalue weighted by molar-refractivity contribution is -0.385. The number of rotatable bonds is 5. The summed E-state index contributed by atoms with van der Waals surface area (Å²) in [5, 5.41) is 12.4. The Hall–Kier alpha value is -2.16. The summed E-state index contributed by atoms with van der Waals surface area (Å²) in [5.41, 5.74) is 3.49. The number of nitrogens with one attached hydrogen (secondary N) is 1. The number of amides is 1. The molecule has 1 aromatic rings. The van der Waals surface area contributed by atoms with Crippen LogP contribution < -0.4 is 11.1 Å². The average molecular weight is 291 g/mol. The topological polar surface area (TPSA) is 98.3 Å². The van der Waals surface area contributed by atoms with Gasteiger partial charge in [-0.25, -0.2) is 13.2 Å². The Labute approximate surface area is 111 Å². The van der Waals surface area contributed by atoms with E-state index < -0.39 is 46.9 Å². The van der Waals surface area contributed by atoms with Gasteiger partial charge in [-0.05, 0) is 12.5 Å². The highest BCUT2D eigenvalue weighted by molar-refractivity contribution is 5.95. The molecular formula is C11H12F3N3O3. The third kappa shape index (κ3) is 3.67. The smallest absolute Gasteiger partial charge is 0.277 e. The van der Waals surface area contributed by atoms with Crippen molar-refractivity contribution >= 4 is 11.6 Å². The van der Waals surface area contributed by atoms with Crippen LogP contribution in [-0.4, -0.2) is 29.8 Å². The Morgan fingerprint density at radius 3 is 2.60 bits per heavy atom. The second-order valence-corrected chi connectivity index (χ2v) is 4.12. The number of halogens is 3.